The molecule has 1 saturated heterocycles. The monoisotopic (exact) mass is 326 g/mol. The highest BCUT2D eigenvalue weighted by Gasteiger charge is 2.26. The Labute approximate surface area is 132 Å². The quantitative estimate of drug-likeness (QED) is 0.766. The second-order valence-corrected chi connectivity index (χ2v) is 7.87. The van der Waals surface area contributed by atoms with Crippen molar-refractivity contribution in [3.05, 3.63) is 29.8 Å². The van der Waals surface area contributed by atoms with Crippen molar-refractivity contribution >= 4 is 21.6 Å². The molecule has 1 amide bonds. The number of carbonyl (C=O) groups is 1. The summed E-state index contributed by atoms with van der Waals surface area (Å²) in [5.74, 6) is 0.00666. The van der Waals surface area contributed by atoms with Crippen molar-refractivity contribution in [3.63, 3.8) is 0 Å². The molecule has 2 N–H and O–H groups in total. The van der Waals surface area contributed by atoms with E-state index < -0.39 is 10.0 Å². The van der Waals surface area contributed by atoms with Gasteiger partial charge >= 0.3 is 0 Å². The van der Waals surface area contributed by atoms with Gasteiger partial charge in [0.25, 0.3) is 5.91 Å². The summed E-state index contributed by atoms with van der Waals surface area (Å²) < 4.78 is 25.7. The first-order valence-electron chi connectivity index (χ1n) is 7.58. The van der Waals surface area contributed by atoms with Crippen molar-refractivity contribution in [3.8, 4) is 0 Å². The van der Waals surface area contributed by atoms with Crippen LogP contribution < -0.4 is 14.5 Å². The lowest BCUT2D eigenvalue weighted by Crippen LogP contribution is -3.06. The van der Waals surface area contributed by atoms with Gasteiger partial charge in [-0.1, -0.05) is 6.07 Å². The fraction of sp³-hybridized carbons (Fsp3) is 0.533. The molecular weight excluding hydrogens is 302 g/mol. The van der Waals surface area contributed by atoms with Crippen LogP contribution in [0.4, 0.5) is 5.69 Å². The van der Waals surface area contributed by atoms with Gasteiger partial charge in [-0.15, -0.1) is 0 Å². The molecule has 0 aromatic heterocycles. The van der Waals surface area contributed by atoms with Gasteiger partial charge in [-0.05, 0) is 31.0 Å². The maximum absolute atomic E-state index is 12.1. The van der Waals surface area contributed by atoms with Gasteiger partial charge in [-0.25, -0.2) is 8.42 Å². The van der Waals surface area contributed by atoms with Crippen molar-refractivity contribution in [2.24, 2.45) is 0 Å². The summed E-state index contributed by atoms with van der Waals surface area (Å²) >= 11 is 0. The number of amides is 1. The van der Waals surface area contributed by atoms with Crippen molar-refractivity contribution in [2.45, 2.75) is 12.8 Å². The molecule has 1 heterocycles. The number of rotatable bonds is 5. The summed E-state index contributed by atoms with van der Waals surface area (Å²) in [6.07, 6.45) is 1.55. The average Bonchev–Trinajstić information content (AvgIpc) is 2.46. The molecule has 0 atom stereocenters. The molecule has 1 aromatic carbocycles. The van der Waals surface area contributed by atoms with Crippen molar-refractivity contribution in [1.82, 2.24) is 5.32 Å². The minimum Gasteiger partial charge on any atom is -0.346 e. The first kappa shape index (κ1) is 16.8. The molecule has 0 unspecified atom stereocenters. The van der Waals surface area contributed by atoms with Gasteiger partial charge in [0.05, 0.1) is 38.6 Å². The van der Waals surface area contributed by atoms with Crippen LogP contribution in [0.25, 0.3) is 0 Å². The first-order chi connectivity index (χ1) is 10.4. The lowest BCUT2D eigenvalue weighted by molar-refractivity contribution is -0.856. The molecule has 1 fully saturated rings. The highest BCUT2D eigenvalue weighted by Crippen LogP contribution is 2.24. The van der Waals surface area contributed by atoms with Crippen molar-refractivity contribution in [1.29, 1.82) is 0 Å². The van der Waals surface area contributed by atoms with Crippen LogP contribution in [0.15, 0.2) is 24.3 Å². The number of anilines is 1. The third-order valence-electron chi connectivity index (χ3n) is 3.66. The summed E-state index contributed by atoms with van der Waals surface area (Å²) in [6, 6.07) is 6.83. The Morgan fingerprint density at radius 2 is 2.09 bits per heavy atom. The van der Waals surface area contributed by atoms with E-state index in [-0.39, 0.29) is 11.7 Å². The second-order valence-electron chi connectivity index (χ2n) is 5.86. The number of carbonyl (C=O) groups excluding carboxylic acids is 1. The van der Waals surface area contributed by atoms with E-state index in [1.165, 1.54) is 9.21 Å². The molecule has 1 aliphatic rings. The van der Waals surface area contributed by atoms with Crippen LogP contribution in [0.3, 0.4) is 0 Å². The first-order valence-corrected chi connectivity index (χ1v) is 9.19. The summed E-state index contributed by atoms with van der Waals surface area (Å²) in [5.41, 5.74) is 1.07. The fourth-order valence-electron chi connectivity index (χ4n) is 2.41. The van der Waals surface area contributed by atoms with Crippen molar-refractivity contribution in [2.75, 3.05) is 43.8 Å². The third-order valence-corrected chi connectivity index (χ3v) is 5.53. The molecule has 6 nitrogen and oxygen atoms in total. The third kappa shape index (κ3) is 4.20. The molecule has 2 rings (SSSR count). The van der Waals surface area contributed by atoms with Crippen LogP contribution in [0.5, 0.6) is 0 Å². The Balaban J connectivity index is 2.11. The lowest BCUT2D eigenvalue weighted by atomic mass is 10.2. The van der Waals surface area contributed by atoms with E-state index >= 15 is 0 Å². The molecule has 7 heteroatoms. The minimum atomic E-state index is -3.25. The van der Waals surface area contributed by atoms with E-state index in [0.717, 1.165) is 13.0 Å². The normalized spacial score (nSPS) is 17.5. The van der Waals surface area contributed by atoms with Gasteiger partial charge in [0, 0.05) is 12.1 Å². The Bertz CT molecular complexity index is 629. The standard InChI is InChI=1S/C15H23N3O3S/c1-17(2)10-8-16-15(19)13-6-5-7-14(12-13)18-9-3-4-11-22(18,20)21/h5-7,12H,3-4,8-11H2,1-2H3,(H,16,19)/p+1. The van der Waals surface area contributed by atoms with Gasteiger partial charge in [0.1, 0.15) is 0 Å². The van der Waals surface area contributed by atoms with E-state index in [9.17, 15) is 13.2 Å². The van der Waals surface area contributed by atoms with Crippen LogP contribution in [0.2, 0.25) is 0 Å². The lowest BCUT2D eigenvalue weighted by Gasteiger charge is -2.28. The number of quaternary nitrogens is 1. The van der Waals surface area contributed by atoms with Crippen LogP contribution in [-0.4, -0.2) is 53.8 Å². The number of benzene rings is 1. The number of nitrogens with one attached hydrogen (secondary N) is 2. The molecule has 0 saturated carbocycles. The second kappa shape index (κ2) is 7.11. The van der Waals surface area contributed by atoms with Gasteiger partial charge in [0.2, 0.25) is 10.0 Å². The average molecular weight is 326 g/mol. The van der Waals surface area contributed by atoms with Crippen LogP contribution >= 0.6 is 0 Å². The fourth-order valence-corrected chi connectivity index (χ4v) is 4.04. The molecule has 0 spiro atoms. The molecule has 0 bridgehead atoms. The van der Waals surface area contributed by atoms with Gasteiger partial charge in [0.15, 0.2) is 0 Å². The Morgan fingerprint density at radius 1 is 1.32 bits per heavy atom. The molecule has 1 aromatic rings. The maximum Gasteiger partial charge on any atom is 0.251 e. The smallest absolute Gasteiger partial charge is 0.251 e. The summed E-state index contributed by atoms with van der Waals surface area (Å²) in [5, 5.41) is 2.85. The van der Waals surface area contributed by atoms with Crippen LogP contribution in [0, 0.1) is 0 Å². The largest absolute Gasteiger partial charge is 0.346 e. The van der Waals surface area contributed by atoms with Crippen LogP contribution in [0.1, 0.15) is 23.2 Å². The molecule has 122 valence electrons. The predicted octanol–water partition coefficient (Wildman–Crippen LogP) is -0.509. The van der Waals surface area contributed by atoms with Gasteiger partial charge in [-0.2, -0.15) is 0 Å². The summed E-state index contributed by atoms with van der Waals surface area (Å²) in [7, 11) is 0.795. The molecule has 0 radical (unpaired) electrons. The van der Waals surface area contributed by atoms with E-state index in [2.05, 4.69) is 5.32 Å². The summed E-state index contributed by atoms with van der Waals surface area (Å²) in [4.78, 5) is 13.4. The molecular formula is C15H24N3O3S+. The van der Waals surface area contributed by atoms with Gasteiger partial charge in [-0.3, -0.25) is 9.10 Å². The SMILES string of the molecule is C[NH+](C)CCNC(=O)c1cccc(N2CCCCS2(=O)=O)c1. The summed E-state index contributed by atoms with van der Waals surface area (Å²) in [6.45, 7) is 1.91. The van der Waals surface area contributed by atoms with E-state index in [1.54, 1.807) is 24.3 Å². The number of nitrogens with zero attached hydrogens (tertiary/aromatic N) is 1. The highest BCUT2D eigenvalue weighted by molar-refractivity contribution is 7.92. The number of hydrogen-bond donors (Lipinski definition) is 2. The zero-order chi connectivity index (χ0) is 16.2. The van der Waals surface area contributed by atoms with E-state index in [1.807, 2.05) is 14.1 Å². The van der Waals surface area contributed by atoms with Crippen molar-refractivity contribution < 1.29 is 18.1 Å². The Hall–Kier alpha value is -1.60. The Morgan fingerprint density at radius 3 is 2.77 bits per heavy atom. The minimum absolute atomic E-state index is 0.169. The Kier molecular flexibility index (Phi) is 5.42. The number of likely N-dealkylation sites (N-methyl/N-ethyl adjacent to an activating group) is 1. The zero-order valence-corrected chi connectivity index (χ0v) is 13.9. The van der Waals surface area contributed by atoms with Gasteiger partial charge < -0.3 is 10.2 Å². The van der Waals surface area contributed by atoms with Crippen LogP contribution in [-0.2, 0) is 10.0 Å². The molecule has 1 aliphatic heterocycles. The molecule has 22 heavy (non-hydrogen) atoms. The highest BCUT2D eigenvalue weighted by atomic mass is 32.2. The number of sulfonamides is 1. The molecule has 0 aliphatic carbocycles. The topological polar surface area (TPSA) is 70.9 Å². The maximum atomic E-state index is 12.1. The number of hydrogen-bond acceptors (Lipinski definition) is 3. The zero-order valence-electron chi connectivity index (χ0n) is 13.1. The predicted molar refractivity (Wildman–Crippen MR) is 86.8 cm³/mol. The van der Waals surface area contributed by atoms with E-state index in [0.29, 0.717) is 30.8 Å². The van der Waals surface area contributed by atoms with E-state index in [4.69, 9.17) is 0 Å².